The lowest BCUT2D eigenvalue weighted by atomic mass is 10.1. The van der Waals surface area contributed by atoms with Gasteiger partial charge in [-0.1, -0.05) is 51.2 Å². The smallest absolute Gasteiger partial charge is 0.306 e. The van der Waals surface area contributed by atoms with Gasteiger partial charge in [-0.3, -0.25) is 4.79 Å². The Morgan fingerprint density at radius 2 is 1.77 bits per heavy atom. The third kappa shape index (κ3) is 17.2. The minimum absolute atomic E-state index is 0.0807. The first-order chi connectivity index (χ1) is 10.8. The molecule has 0 aliphatic rings. The molecule has 4 nitrogen and oxygen atoms in total. The van der Waals surface area contributed by atoms with Crippen molar-refractivity contribution in [2.45, 2.75) is 71.1 Å². The third-order valence-corrected chi connectivity index (χ3v) is 3.50. The van der Waals surface area contributed by atoms with Gasteiger partial charge in [0.25, 0.3) is 0 Å². The van der Waals surface area contributed by atoms with Crippen LogP contribution in [0.4, 0.5) is 0 Å². The standard InChI is InChI=1S/C18H35NO3/c1-2-3-4-5-9-12-17-22-18(21)13-10-7-6-8-11-14-19-15-16-20/h9,12,19-20H,2-8,10-11,13-17H2,1H3/b12-9+. The molecule has 0 aliphatic carbocycles. The van der Waals surface area contributed by atoms with Crippen LogP contribution in [0.3, 0.4) is 0 Å². The number of aliphatic hydroxyl groups excluding tert-OH is 1. The number of rotatable bonds is 16. The number of nitrogens with one attached hydrogen (secondary N) is 1. The van der Waals surface area contributed by atoms with Gasteiger partial charge >= 0.3 is 5.97 Å². The first kappa shape index (κ1) is 21.1. The number of ether oxygens (including phenoxy) is 1. The molecule has 0 bridgehead atoms. The van der Waals surface area contributed by atoms with E-state index in [0.717, 1.165) is 38.6 Å². The summed E-state index contributed by atoms with van der Waals surface area (Å²) in [5.41, 5.74) is 0. The van der Waals surface area contributed by atoms with Crippen LogP contribution in [-0.4, -0.2) is 37.4 Å². The van der Waals surface area contributed by atoms with Crippen molar-refractivity contribution in [3.63, 3.8) is 0 Å². The molecule has 0 unspecified atom stereocenters. The van der Waals surface area contributed by atoms with E-state index in [-0.39, 0.29) is 12.6 Å². The summed E-state index contributed by atoms with van der Waals surface area (Å²) in [7, 11) is 0. The molecule has 22 heavy (non-hydrogen) atoms. The van der Waals surface area contributed by atoms with Gasteiger partial charge in [-0.05, 0) is 32.2 Å². The van der Waals surface area contributed by atoms with Crippen molar-refractivity contribution in [3.8, 4) is 0 Å². The summed E-state index contributed by atoms with van der Waals surface area (Å²) in [6.45, 7) is 4.46. The van der Waals surface area contributed by atoms with Crippen molar-refractivity contribution in [3.05, 3.63) is 12.2 Å². The summed E-state index contributed by atoms with van der Waals surface area (Å²) in [4.78, 5) is 11.5. The molecule has 0 heterocycles. The van der Waals surface area contributed by atoms with Crippen molar-refractivity contribution in [2.75, 3.05) is 26.3 Å². The Morgan fingerprint density at radius 3 is 2.55 bits per heavy atom. The Bertz CT molecular complexity index is 267. The highest BCUT2D eigenvalue weighted by atomic mass is 16.5. The number of esters is 1. The summed E-state index contributed by atoms with van der Waals surface area (Å²) in [5, 5.41) is 11.8. The zero-order chi connectivity index (χ0) is 16.3. The van der Waals surface area contributed by atoms with Crippen LogP contribution < -0.4 is 5.32 Å². The quantitative estimate of drug-likeness (QED) is 0.260. The second kappa shape index (κ2) is 18.2. The maximum Gasteiger partial charge on any atom is 0.306 e. The summed E-state index contributed by atoms with van der Waals surface area (Å²) >= 11 is 0. The lowest BCUT2D eigenvalue weighted by Crippen LogP contribution is -2.19. The highest BCUT2D eigenvalue weighted by Gasteiger charge is 2.01. The molecule has 0 aromatic rings. The summed E-state index contributed by atoms with van der Waals surface area (Å²) in [6.07, 6.45) is 14.9. The van der Waals surface area contributed by atoms with Gasteiger partial charge < -0.3 is 15.2 Å². The minimum Gasteiger partial charge on any atom is -0.461 e. The molecule has 0 fully saturated rings. The molecular weight excluding hydrogens is 278 g/mol. The Labute approximate surface area is 136 Å². The molecule has 0 amide bonds. The maximum absolute atomic E-state index is 11.5. The van der Waals surface area contributed by atoms with Gasteiger partial charge in [0, 0.05) is 13.0 Å². The predicted molar refractivity (Wildman–Crippen MR) is 91.9 cm³/mol. The van der Waals surface area contributed by atoms with Gasteiger partial charge in [0.05, 0.1) is 6.61 Å². The fourth-order valence-corrected chi connectivity index (χ4v) is 2.17. The Hall–Kier alpha value is -0.870. The largest absolute Gasteiger partial charge is 0.461 e. The van der Waals surface area contributed by atoms with E-state index in [2.05, 4.69) is 18.3 Å². The van der Waals surface area contributed by atoms with Gasteiger partial charge in [-0.15, -0.1) is 0 Å². The fraction of sp³-hybridized carbons (Fsp3) is 0.833. The number of allylic oxidation sites excluding steroid dienone is 1. The SMILES string of the molecule is CCCCC/C=C/COC(=O)CCCCCCCNCCO. The molecule has 0 spiro atoms. The van der Waals surface area contributed by atoms with Gasteiger partial charge in [0.2, 0.25) is 0 Å². The molecule has 0 aromatic carbocycles. The second-order valence-electron chi connectivity index (χ2n) is 5.64. The highest BCUT2D eigenvalue weighted by Crippen LogP contribution is 2.06. The molecule has 130 valence electrons. The van der Waals surface area contributed by atoms with E-state index in [9.17, 15) is 4.79 Å². The van der Waals surface area contributed by atoms with Crippen LogP contribution in [0.2, 0.25) is 0 Å². The highest BCUT2D eigenvalue weighted by molar-refractivity contribution is 5.69. The number of hydrogen-bond donors (Lipinski definition) is 2. The molecule has 0 aliphatic heterocycles. The lowest BCUT2D eigenvalue weighted by molar-refractivity contribution is -0.142. The number of unbranched alkanes of at least 4 members (excludes halogenated alkanes) is 7. The Kier molecular flexibility index (Phi) is 17.5. The van der Waals surface area contributed by atoms with Crippen LogP contribution in [-0.2, 0) is 9.53 Å². The topological polar surface area (TPSA) is 58.6 Å². The van der Waals surface area contributed by atoms with Crippen molar-refractivity contribution in [1.82, 2.24) is 5.32 Å². The van der Waals surface area contributed by atoms with E-state index in [1.807, 2.05) is 6.08 Å². The van der Waals surface area contributed by atoms with E-state index >= 15 is 0 Å². The predicted octanol–water partition coefficient (Wildman–Crippen LogP) is 3.59. The lowest BCUT2D eigenvalue weighted by Gasteiger charge is -2.04. The first-order valence-electron chi connectivity index (χ1n) is 8.93. The number of aliphatic hydroxyl groups is 1. The van der Waals surface area contributed by atoms with Crippen molar-refractivity contribution in [1.29, 1.82) is 0 Å². The molecule has 4 heteroatoms. The van der Waals surface area contributed by atoms with Gasteiger partial charge in [-0.25, -0.2) is 0 Å². The zero-order valence-electron chi connectivity index (χ0n) is 14.3. The van der Waals surface area contributed by atoms with E-state index in [4.69, 9.17) is 9.84 Å². The van der Waals surface area contributed by atoms with Crippen molar-refractivity contribution >= 4 is 5.97 Å². The average molecular weight is 313 g/mol. The van der Waals surface area contributed by atoms with E-state index in [0.29, 0.717) is 19.6 Å². The Balaban J connectivity index is 3.22. The summed E-state index contributed by atoms with van der Waals surface area (Å²) < 4.78 is 5.16. The van der Waals surface area contributed by atoms with Crippen LogP contribution >= 0.6 is 0 Å². The van der Waals surface area contributed by atoms with E-state index < -0.39 is 0 Å². The molecular formula is C18H35NO3. The van der Waals surface area contributed by atoms with E-state index in [1.165, 1.54) is 25.7 Å². The first-order valence-corrected chi connectivity index (χ1v) is 8.93. The number of carbonyl (C=O) groups is 1. The fourth-order valence-electron chi connectivity index (χ4n) is 2.17. The minimum atomic E-state index is -0.0807. The third-order valence-electron chi connectivity index (χ3n) is 3.50. The molecule has 0 radical (unpaired) electrons. The molecule has 0 saturated heterocycles. The average Bonchev–Trinajstić information content (AvgIpc) is 2.52. The van der Waals surface area contributed by atoms with Crippen LogP contribution in [0.15, 0.2) is 12.2 Å². The van der Waals surface area contributed by atoms with Gasteiger partial charge in [0.1, 0.15) is 6.61 Å². The normalized spacial score (nSPS) is 11.2. The summed E-state index contributed by atoms with van der Waals surface area (Å²) in [5.74, 6) is -0.0807. The van der Waals surface area contributed by atoms with Crippen molar-refractivity contribution in [2.24, 2.45) is 0 Å². The maximum atomic E-state index is 11.5. The van der Waals surface area contributed by atoms with Gasteiger partial charge in [0.15, 0.2) is 0 Å². The second-order valence-corrected chi connectivity index (χ2v) is 5.64. The molecule has 0 atom stereocenters. The monoisotopic (exact) mass is 313 g/mol. The number of hydrogen-bond acceptors (Lipinski definition) is 4. The van der Waals surface area contributed by atoms with Crippen LogP contribution in [0, 0.1) is 0 Å². The van der Waals surface area contributed by atoms with Crippen LogP contribution in [0.5, 0.6) is 0 Å². The number of carbonyl (C=O) groups excluding carboxylic acids is 1. The molecule has 2 N–H and O–H groups in total. The van der Waals surface area contributed by atoms with Crippen LogP contribution in [0.25, 0.3) is 0 Å². The van der Waals surface area contributed by atoms with Gasteiger partial charge in [-0.2, -0.15) is 0 Å². The molecule has 0 rings (SSSR count). The molecule has 0 saturated carbocycles. The summed E-state index contributed by atoms with van der Waals surface area (Å²) in [6, 6.07) is 0. The van der Waals surface area contributed by atoms with Crippen molar-refractivity contribution < 1.29 is 14.6 Å². The van der Waals surface area contributed by atoms with E-state index in [1.54, 1.807) is 0 Å². The Morgan fingerprint density at radius 1 is 1.00 bits per heavy atom. The molecule has 0 aromatic heterocycles. The van der Waals surface area contributed by atoms with Crippen LogP contribution in [0.1, 0.15) is 71.1 Å². The zero-order valence-corrected chi connectivity index (χ0v) is 14.3.